The predicted molar refractivity (Wildman–Crippen MR) is 116 cm³/mol. The van der Waals surface area contributed by atoms with Crippen LogP contribution >= 0.6 is 0 Å². The fraction of sp³-hybridized carbons (Fsp3) is 0.130. The number of halogens is 1. The van der Waals surface area contributed by atoms with E-state index in [2.05, 4.69) is 15.6 Å². The van der Waals surface area contributed by atoms with Gasteiger partial charge in [-0.1, -0.05) is 48.6 Å². The number of allylic oxidation sites excluding steroid dienone is 1. The summed E-state index contributed by atoms with van der Waals surface area (Å²) in [5.74, 6) is 0.540. The molecule has 4 nitrogen and oxygen atoms in total. The first-order valence-corrected chi connectivity index (χ1v) is 9.12. The van der Waals surface area contributed by atoms with Gasteiger partial charge >= 0.3 is 0 Å². The topological polar surface area (TPSA) is 54.0 Å². The highest BCUT2D eigenvalue weighted by molar-refractivity contribution is 5.95. The molecule has 1 aromatic heterocycles. The van der Waals surface area contributed by atoms with Crippen molar-refractivity contribution in [3.8, 4) is 0 Å². The number of alkyl halides is 1. The van der Waals surface area contributed by atoms with E-state index in [1.165, 1.54) is 11.6 Å². The number of rotatable bonds is 8. The largest absolute Gasteiger partial charge is 0.352 e. The van der Waals surface area contributed by atoms with Crippen molar-refractivity contribution < 1.29 is 12.0 Å². The molecule has 0 aliphatic rings. The molecule has 0 unspecified atom stereocenters. The van der Waals surface area contributed by atoms with Crippen LogP contribution in [0.25, 0.3) is 6.08 Å². The molecule has 1 heterocycles. The lowest BCUT2D eigenvalue weighted by molar-refractivity contribution is 0.0954. The summed E-state index contributed by atoms with van der Waals surface area (Å²) in [6.45, 7) is 0.0795. The van der Waals surface area contributed by atoms with E-state index in [9.17, 15) is 9.18 Å². The Morgan fingerprint density at radius 1 is 1.07 bits per heavy atom. The van der Waals surface area contributed by atoms with Crippen LogP contribution in [0.4, 0.5) is 15.9 Å². The second kappa shape index (κ2) is 10.0. The van der Waals surface area contributed by atoms with E-state index in [0.29, 0.717) is 17.9 Å². The summed E-state index contributed by atoms with van der Waals surface area (Å²) >= 11 is 0. The van der Waals surface area contributed by atoms with Crippen molar-refractivity contribution in [2.45, 2.75) is 6.42 Å². The van der Waals surface area contributed by atoms with Crippen molar-refractivity contribution in [3.63, 3.8) is 0 Å². The highest BCUT2D eigenvalue weighted by Gasteiger charge is 2.06. The number of carbonyl (C=O) groups is 1. The molecule has 0 bridgehead atoms. The van der Waals surface area contributed by atoms with E-state index < -0.39 is 6.67 Å². The van der Waals surface area contributed by atoms with Gasteiger partial charge in [-0.3, -0.25) is 4.79 Å². The molecule has 28 heavy (non-hydrogen) atoms. The zero-order valence-electron chi connectivity index (χ0n) is 15.4. The average Bonchev–Trinajstić information content (AvgIpc) is 2.74. The second-order valence-electron chi connectivity index (χ2n) is 6.23. The van der Waals surface area contributed by atoms with Gasteiger partial charge in [-0.25, -0.2) is 9.37 Å². The standard InChI is InChI=1S/C23H22FN3O.2H2/c24-14-5-8-19-11-12-22(26-17-19)27-21-10-4-9-20(16-21)23(28)25-15-13-18-6-2-1-3-7-18;;/h1-12,16-17H,13-15H2,(H,25,28)(H,26,27);2*1H/b8-5+;;. The number of nitrogens with zero attached hydrogens (tertiary/aromatic N) is 1. The van der Waals surface area contributed by atoms with Crippen molar-refractivity contribution in [1.29, 1.82) is 0 Å². The van der Waals surface area contributed by atoms with Gasteiger partial charge in [0.15, 0.2) is 0 Å². The molecule has 3 aromatic rings. The van der Waals surface area contributed by atoms with Gasteiger partial charge in [0.1, 0.15) is 12.5 Å². The van der Waals surface area contributed by atoms with Crippen LogP contribution in [0, 0.1) is 0 Å². The highest BCUT2D eigenvalue weighted by atomic mass is 19.1. The van der Waals surface area contributed by atoms with E-state index >= 15 is 0 Å². The molecule has 0 saturated carbocycles. The van der Waals surface area contributed by atoms with Crippen LogP contribution < -0.4 is 10.6 Å². The molecule has 0 aliphatic heterocycles. The summed E-state index contributed by atoms with van der Waals surface area (Å²) in [5.41, 5.74) is 3.37. The van der Waals surface area contributed by atoms with Crippen LogP contribution in [-0.4, -0.2) is 24.1 Å². The van der Waals surface area contributed by atoms with Gasteiger partial charge in [0.25, 0.3) is 5.91 Å². The van der Waals surface area contributed by atoms with Gasteiger partial charge in [0.2, 0.25) is 0 Å². The number of anilines is 2. The quantitative estimate of drug-likeness (QED) is 0.560. The Hall–Kier alpha value is -3.47. The fourth-order valence-electron chi connectivity index (χ4n) is 2.71. The Labute approximate surface area is 167 Å². The third kappa shape index (κ3) is 5.77. The van der Waals surface area contributed by atoms with Gasteiger partial charge in [-0.2, -0.15) is 0 Å². The number of hydrogen-bond acceptors (Lipinski definition) is 3. The monoisotopic (exact) mass is 379 g/mol. The van der Waals surface area contributed by atoms with Crippen LogP contribution in [0.5, 0.6) is 0 Å². The zero-order valence-corrected chi connectivity index (χ0v) is 15.4. The van der Waals surface area contributed by atoms with Crippen LogP contribution in [0.15, 0.2) is 79.0 Å². The van der Waals surface area contributed by atoms with Crippen molar-refractivity contribution in [1.82, 2.24) is 10.3 Å². The first-order valence-electron chi connectivity index (χ1n) is 9.12. The molecule has 1 amide bonds. The number of nitrogens with one attached hydrogen (secondary N) is 2. The van der Waals surface area contributed by atoms with Crippen LogP contribution in [0.1, 0.15) is 24.3 Å². The number of amides is 1. The molecule has 0 fully saturated rings. The summed E-state index contributed by atoms with van der Waals surface area (Å²) in [6, 6.07) is 21.0. The Kier molecular flexibility index (Phi) is 6.90. The fourth-order valence-corrected chi connectivity index (χ4v) is 2.71. The minimum atomic E-state index is -0.500. The Balaban J connectivity index is 0.00000225. The van der Waals surface area contributed by atoms with E-state index in [1.807, 2.05) is 54.6 Å². The molecule has 5 heteroatoms. The lowest BCUT2D eigenvalue weighted by atomic mass is 10.1. The number of aromatic nitrogens is 1. The third-order valence-corrected chi connectivity index (χ3v) is 4.12. The molecule has 3 rings (SSSR count). The van der Waals surface area contributed by atoms with Crippen molar-refractivity contribution in [3.05, 3.63) is 95.7 Å². The number of hydrogen-bond donors (Lipinski definition) is 2. The smallest absolute Gasteiger partial charge is 0.251 e. The van der Waals surface area contributed by atoms with Crippen molar-refractivity contribution in [2.75, 3.05) is 18.5 Å². The van der Waals surface area contributed by atoms with Crippen molar-refractivity contribution in [2.24, 2.45) is 0 Å². The summed E-state index contributed by atoms with van der Waals surface area (Å²) in [4.78, 5) is 16.7. The van der Waals surface area contributed by atoms with Gasteiger partial charge in [0, 0.05) is 26.8 Å². The lowest BCUT2D eigenvalue weighted by Gasteiger charge is -2.09. The molecule has 0 saturated heterocycles. The third-order valence-electron chi connectivity index (χ3n) is 4.12. The molecule has 0 atom stereocenters. The minimum Gasteiger partial charge on any atom is -0.352 e. The van der Waals surface area contributed by atoms with E-state index in [1.54, 1.807) is 24.4 Å². The molecule has 0 spiro atoms. The molecule has 0 aliphatic carbocycles. The van der Waals surface area contributed by atoms with Crippen LogP contribution in [0.2, 0.25) is 0 Å². The first kappa shape index (κ1) is 19.3. The van der Waals surface area contributed by atoms with Gasteiger partial charge < -0.3 is 10.6 Å². The minimum absolute atomic E-state index is 0. The van der Waals surface area contributed by atoms with Crippen LogP contribution in [-0.2, 0) is 6.42 Å². The number of benzene rings is 2. The predicted octanol–water partition coefficient (Wildman–Crippen LogP) is 5.27. The Morgan fingerprint density at radius 3 is 2.68 bits per heavy atom. The Morgan fingerprint density at radius 2 is 1.93 bits per heavy atom. The normalized spacial score (nSPS) is 10.8. The molecular formula is C23H26FN3O. The van der Waals surface area contributed by atoms with Gasteiger partial charge in [-0.05, 0) is 47.9 Å². The number of carbonyl (C=O) groups excluding carboxylic acids is 1. The van der Waals surface area contributed by atoms with Crippen LogP contribution in [0.3, 0.4) is 0 Å². The maximum absolute atomic E-state index is 12.4. The van der Waals surface area contributed by atoms with E-state index in [4.69, 9.17) is 0 Å². The summed E-state index contributed by atoms with van der Waals surface area (Å²) in [7, 11) is 0. The molecule has 2 N–H and O–H groups in total. The summed E-state index contributed by atoms with van der Waals surface area (Å²) < 4.78 is 12.2. The summed E-state index contributed by atoms with van der Waals surface area (Å²) in [5, 5.41) is 6.12. The van der Waals surface area contributed by atoms with Crippen molar-refractivity contribution >= 4 is 23.5 Å². The average molecular weight is 379 g/mol. The van der Waals surface area contributed by atoms with E-state index in [-0.39, 0.29) is 8.76 Å². The highest BCUT2D eigenvalue weighted by Crippen LogP contribution is 2.17. The van der Waals surface area contributed by atoms with Gasteiger partial charge in [-0.15, -0.1) is 0 Å². The second-order valence-corrected chi connectivity index (χ2v) is 6.23. The lowest BCUT2D eigenvalue weighted by Crippen LogP contribution is -2.25. The number of pyridine rings is 1. The Bertz CT molecular complexity index is 935. The van der Waals surface area contributed by atoms with E-state index in [0.717, 1.165) is 17.7 Å². The molecule has 146 valence electrons. The van der Waals surface area contributed by atoms with Gasteiger partial charge in [0.05, 0.1) is 0 Å². The maximum Gasteiger partial charge on any atom is 0.251 e. The molecular weight excluding hydrogens is 353 g/mol. The zero-order chi connectivity index (χ0) is 19.6. The molecule has 2 aromatic carbocycles. The maximum atomic E-state index is 12.4. The SMILES string of the molecule is O=C(NCCc1ccccc1)c1cccc(Nc2ccc(/C=C/CF)cn2)c1.[HH].[HH]. The first-order chi connectivity index (χ1) is 13.7. The summed E-state index contributed by atoms with van der Waals surface area (Å²) in [6.07, 6.45) is 5.56. The molecule has 0 radical (unpaired) electrons.